The van der Waals surface area contributed by atoms with Gasteiger partial charge in [-0.15, -0.1) is 0 Å². The lowest BCUT2D eigenvalue weighted by molar-refractivity contribution is 0.396. The largest absolute Gasteiger partial charge is 0.497 e. The number of hydrogen-bond acceptors (Lipinski definition) is 3. The molecule has 4 heteroatoms. The van der Waals surface area contributed by atoms with Crippen LogP contribution in [0.1, 0.15) is 31.2 Å². The first kappa shape index (κ1) is 13.3. The average Bonchev–Trinajstić information content (AvgIpc) is 3.13. The molecule has 108 valence electrons. The summed E-state index contributed by atoms with van der Waals surface area (Å²) < 4.78 is 10.9. The van der Waals surface area contributed by atoms with E-state index < -0.39 is 0 Å². The summed E-state index contributed by atoms with van der Waals surface area (Å²) in [5.41, 5.74) is 8.57. The van der Waals surface area contributed by atoms with Crippen molar-refractivity contribution in [2.45, 2.75) is 31.1 Å². The van der Waals surface area contributed by atoms with Crippen LogP contribution in [0, 0.1) is 0 Å². The number of methoxy groups -OCH3 is 2. The van der Waals surface area contributed by atoms with Crippen LogP contribution in [-0.2, 0) is 5.41 Å². The van der Waals surface area contributed by atoms with Crippen molar-refractivity contribution in [1.82, 2.24) is 4.98 Å². The molecule has 0 amide bonds. The normalized spacial score (nSPS) is 17.6. The highest BCUT2D eigenvalue weighted by Gasteiger charge is 2.37. The number of H-pyrrole nitrogens is 1. The highest BCUT2D eigenvalue weighted by molar-refractivity contribution is 5.91. The molecule has 0 spiro atoms. The number of ether oxygens (including phenoxy) is 2. The monoisotopic (exact) mass is 274 g/mol. The number of fused-ring (bicyclic) bond motifs is 1. The summed E-state index contributed by atoms with van der Waals surface area (Å²) in [5, 5.41) is 1.15. The van der Waals surface area contributed by atoms with E-state index >= 15 is 0 Å². The van der Waals surface area contributed by atoms with Crippen molar-refractivity contribution in [2.24, 2.45) is 5.73 Å². The van der Waals surface area contributed by atoms with Gasteiger partial charge >= 0.3 is 0 Å². The van der Waals surface area contributed by atoms with Crippen LogP contribution in [0.3, 0.4) is 0 Å². The third-order valence-electron chi connectivity index (χ3n) is 4.70. The molecule has 20 heavy (non-hydrogen) atoms. The number of aromatic nitrogens is 1. The highest BCUT2D eigenvalue weighted by atomic mass is 16.5. The van der Waals surface area contributed by atoms with Crippen LogP contribution in [0.4, 0.5) is 0 Å². The molecule has 0 radical (unpaired) electrons. The second kappa shape index (κ2) is 5.02. The van der Waals surface area contributed by atoms with Crippen LogP contribution in [0.2, 0.25) is 0 Å². The van der Waals surface area contributed by atoms with E-state index in [0.29, 0.717) is 6.54 Å². The molecule has 1 aliphatic rings. The number of hydrogen-bond donors (Lipinski definition) is 2. The van der Waals surface area contributed by atoms with Crippen LogP contribution in [0.15, 0.2) is 18.3 Å². The molecule has 3 rings (SSSR count). The van der Waals surface area contributed by atoms with Gasteiger partial charge in [-0.3, -0.25) is 0 Å². The molecule has 1 aromatic carbocycles. The number of nitrogens with two attached hydrogens (primary N) is 1. The van der Waals surface area contributed by atoms with E-state index in [1.807, 2.05) is 12.1 Å². The molecule has 1 saturated carbocycles. The molecule has 0 bridgehead atoms. The van der Waals surface area contributed by atoms with Gasteiger partial charge < -0.3 is 20.2 Å². The standard InChI is InChI=1S/C16H22N2O2/c1-19-11-7-13-15(14(8-11)20-2)12(9-18-13)16(10-17)5-3-4-6-16/h7-9,18H,3-6,10,17H2,1-2H3. The average molecular weight is 274 g/mol. The van der Waals surface area contributed by atoms with Crippen LogP contribution < -0.4 is 15.2 Å². The minimum atomic E-state index is 0.0973. The van der Waals surface area contributed by atoms with E-state index in [1.165, 1.54) is 18.4 Å². The zero-order chi connectivity index (χ0) is 14.2. The fourth-order valence-corrected chi connectivity index (χ4v) is 3.54. The van der Waals surface area contributed by atoms with E-state index in [9.17, 15) is 0 Å². The Morgan fingerprint density at radius 1 is 1.20 bits per heavy atom. The summed E-state index contributed by atoms with van der Waals surface area (Å²) in [6, 6.07) is 3.96. The molecule has 1 aliphatic carbocycles. The zero-order valence-electron chi connectivity index (χ0n) is 12.2. The zero-order valence-corrected chi connectivity index (χ0v) is 12.2. The van der Waals surface area contributed by atoms with Crippen LogP contribution >= 0.6 is 0 Å². The third kappa shape index (κ3) is 1.86. The minimum absolute atomic E-state index is 0.0973. The first-order valence-corrected chi connectivity index (χ1v) is 7.18. The predicted octanol–water partition coefficient (Wildman–Crippen LogP) is 2.96. The third-order valence-corrected chi connectivity index (χ3v) is 4.70. The first-order chi connectivity index (χ1) is 9.74. The Kier molecular flexibility index (Phi) is 3.34. The van der Waals surface area contributed by atoms with Gasteiger partial charge in [0.1, 0.15) is 11.5 Å². The minimum Gasteiger partial charge on any atom is -0.497 e. The molecular weight excluding hydrogens is 252 g/mol. The van der Waals surface area contributed by atoms with Crippen LogP contribution in [-0.4, -0.2) is 25.7 Å². The Balaban J connectivity index is 2.22. The van der Waals surface area contributed by atoms with Gasteiger partial charge in [0, 0.05) is 35.7 Å². The number of benzene rings is 1. The van der Waals surface area contributed by atoms with Crippen molar-refractivity contribution in [3.63, 3.8) is 0 Å². The molecule has 0 saturated heterocycles. The second-order valence-corrected chi connectivity index (χ2v) is 5.65. The van der Waals surface area contributed by atoms with Gasteiger partial charge in [-0.25, -0.2) is 0 Å². The maximum absolute atomic E-state index is 6.12. The van der Waals surface area contributed by atoms with Gasteiger partial charge in [0.15, 0.2) is 0 Å². The van der Waals surface area contributed by atoms with E-state index in [2.05, 4.69) is 11.2 Å². The number of rotatable bonds is 4. The Hall–Kier alpha value is -1.68. The molecule has 0 unspecified atom stereocenters. The first-order valence-electron chi connectivity index (χ1n) is 7.18. The van der Waals surface area contributed by atoms with Crippen molar-refractivity contribution in [3.05, 3.63) is 23.9 Å². The summed E-state index contributed by atoms with van der Waals surface area (Å²) in [4.78, 5) is 3.36. The maximum atomic E-state index is 6.12. The quantitative estimate of drug-likeness (QED) is 0.901. The molecule has 0 aliphatic heterocycles. The predicted molar refractivity (Wildman–Crippen MR) is 80.6 cm³/mol. The van der Waals surface area contributed by atoms with Gasteiger partial charge in [0.25, 0.3) is 0 Å². The molecule has 2 aromatic rings. The Morgan fingerprint density at radius 3 is 2.55 bits per heavy atom. The van der Waals surface area contributed by atoms with Crippen LogP contribution in [0.5, 0.6) is 11.5 Å². The smallest absolute Gasteiger partial charge is 0.132 e. The molecule has 1 fully saturated rings. The summed E-state index contributed by atoms with van der Waals surface area (Å²) >= 11 is 0. The Bertz CT molecular complexity index is 612. The SMILES string of the molecule is COc1cc(OC)c2c(C3(CN)CCCC3)c[nH]c2c1. The van der Waals surface area contributed by atoms with Gasteiger partial charge in [0.05, 0.1) is 19.7 Å². The maximum Gasteiger partial charge on any atom is 0.132 e. The van der Waals surface area contributed by atoms with Gasteiger partial charge in [-0.1, -0.05) is 12.8 Å². The molecule has 1 aromatic heterocycles. The number of nitrogens with one attached hydrogen (secondary N) is 1. The lowest BCUT2D eigenvalue weighted by Crippen LogP contribution is -2.31. The van der Waals surface area contributed by atoms with E-state index in [4.69, 9.17) is 15.2 Å². The molecule has 1 heterocycles. The van der Waals surface area contributed by atoms with Gasteiger partial charge in [-0.2, -0.15) is 0 Å². The molecule has 3 N–H and O–H groups in total. The summed E-state index contributed by atoms with van der Waals surface area (Å²) in [6.45, 7) is 0.690. The lowest BCUT2D eigenvalue weighted by atomic mass is 9.78. The van der Waals surface area contributed by atoms with Gasteiger partial charge in [-0.05, 0) is 18.4 Å². The highest BCUT2D eigenvalue weighted by Crippen LogP contribution is 2.46. The van der Waals surface area contributed by atoms with Gasteiger partial charge in [0.2, 0.25) is 0 Å². The van der Waals surface area contributed by atoms with E-state index in [-0.39, 0.29) is 5.41 Å². The van der Waals surface area contributed by atoms with E-state index in [0.717, 1.165) is 35.2 Å². The summed E-state index contributed by atoms with van der Waals surface area (Å²) in [5.74, 6) is 1.66. The van der Waals surface area contributed by atoms with Crippen molar-refractivity contribution in [2.75, 3.05) is 20.8 Å². The van der Waals surface area contributed by atoms with Crippen molar-refractivity contribution in [1.29, 1.82) is 0 Å². The van der Waals surface area contributed by atoms with E-state index in [1.54, 1.807) is 14.2 Å². The van der Waals surface area contributed by atoms with Crippen molar-refractivity contribution in [3.8, 4) is 11.5 Å². The van der Waals surface area contributed by atoms with Crippen molar-refractivity contribution >= 4 is 10.9 Å². The number of aromatic amines is 1. The molecule has 0 atom stereocenters. The Labute approximate surface area is 119 Å². The fourth-order valence-electron chi connectivity index (χ4n) is 3.54. The summed E-state index contributed by atoms with van der Waals surface area (Å²) in [6.07, 6.45) is 6.92. The Morgan fingerprint density at radius 2 is 1.95 bits per heavy atom. The fraction of sp³-hybridized carbons (Fsp3) is 0.500. The lowest BCUT2D eigenvalue weighted by Gasteiger charge is -2.27. The molecule has 4 nitrogen and oxygen atoms in total. The van der Waals surface area contributed by atoms with Crippen LogP contribution in [0.25, 0.3) is 10.9 Å². The molecular formula is C16H22N2O2. The van der Waals surface area contributed by atoms with Crippen molar-refractivity contribution < 1.29 is 9.47 Å². The second-order valence-electron chi connectivity index (χ2n) is 5.65. The topological polar surface area (TPSA) is 60.3 Å². The summed E-state index contributed by atoms with van der Waals surface area (Å²) in [7, 11) is 3.37.